The van der Waals surface area contributed by atoms with Crippen LogP contribution in [-0.2, 0) is 12.8 Å². The standard InChI is InChI=1S/C11H10N2O3/c1-5-12-9(14)8-6-3-2-4-7(6)11(15)16-10(8)13-5/h2-4H2,1H3,(H,12,13,14). The number of rotatable bonds is 0. The van der Waals surface area contributed by atoms with E-state index in [9.17, 15) is 9.59 Å². The molecule has 2 aromatic rings. The molecule has 0 fully saturated rings. The number of nitrogens with one attached hydrogen (secondary N) is 1. The van der Waals surface area contributed by atoms with E-state index in [0.29, 0.717) is 23.2 Å². The molecule has 2 aromatic heterocycles. The van der Waals surface area contributed by atoms with E-state index in [1.165, 1.54) is 0 Å². The number of hydrogen-bond acceptors (Lipinski definition) is 4. The summed E-state index contributed by atoms with van der Waals surface area (Å²) in [6.45, 7) is 1.66. The zero-order chi connectivity index (χ0) is 11.3. The maximum absolute atomic E-state index is 11.8. The molecule has 0 bridgehead atoms. The van der Waals surface area contributed by atoms with Gasteiger partial charge in [-0.2, -0.15) is 4.98 Å². The number of hydrogen-bond donors (Lipinski definition) is 1. The summed E-state index contributed by atoms with van der Waals surface area (Å²) < 4.78 is 5.08. The predicted octanol–water partition coefficient (Wildman–Crippen LogP) is 0.673. The van der Waals surface area contributed by atoms with Gasteiger partial charge in [0.1, 0.15) is 11.2 Å². The molecule has 82 valence electrons. The van der Waals surface area contributed by atoms with Gasteiger partial charge in [0.25, 0.3) is 5.56 Å². The molecule has 3 rings (SSSR count). The Bertz CT molecular complexity index is 697. The number of aromatic nitrogens is 2. The van der Waals surface area contributed by atoms with Gasteiger partial charge in [0.05, 0.1) is 0 Å². The highest BCUT2D eigenvalue weighted by Crippen LogP contribution is 2.23. The second-order valence-corrected chi connectivity index (χ2v) is 4.03. The highest BCUT2D eigenvalue weighted by molar-refractivity contribution is 5.77. The Morgan fingerprint density at radius 2 is 2.00 bits per heavy atom. The molecule has 0 atom stereocenters. The summed E-state index contributed by atoms with van der Waals surface area (Å²) >= 11 is 0. The second-order valence-electron chi connectivity index (χ2n) is 4.03. The van der Waals surface area contributed by atoms with Gasteiger partial charge in [-0.3, -0.25) is 4.79 Å². The summed E-state index contributed by atoms with van der Waals surface area (Å²) in [5, 5.41) is 0.442. The first kappa shape index (κ1) is 9.33. The lowest BCUT2D eigenvalue weighted by molar-refractivity contribution is 0.538. The average molecular weight is 218 g/mol. The zero-order valence-corrected chi connectivity index (χ0v) is 8.79. The smallest absolute Gasteiger partial charge is 0.341 e. The van der Waals surface area contributed by atoms with Crippen LogP contribution in [0.1, 0.15) is 23.4 Å². The Labute approximate surface area is 90.1 Å². The van der Waals surface area contributed by atoms with Gasteiger partial charge in [0.2, 0.25) is 5.71 Å². The third kappa shape index (κ3) is 1.14. The van der Waals surface area contributed by atoms with Crippen molar-refractivity contribution < 1.29 is 4.42 Å². The van der Waals surface area contributed by atoms with E-state index in [4.69, 9.17) is 4.42 Å². The molecule has 0 unspecified atom stereocenters. The van der Waals surface area contributed by atoms with Crippen molar-refractivity contribution in [3.63, 3.8) is 0 Å². The number of nitrogens with zero attached hydrogens (tertiary/aromatic N) is 1. The van der Waals surface area contributed by atoms with Crippen LogP contribution in [0.25, 0.3) is 11.1 Å². The average Bonchev–Trinajstić information content (AvgIpc) is 2.65. The molecule has 2 heterocycles. The largest absolute Gasteiger partial charge is 0.403 e. The summed E-state index contributed by atoms with van der Waals surface area (Å²) in [6, 6.07) is 0. The molecular formula is C11H10N2O3. The molecule has 0 aliphatic heterocycles. The first-order valence-corrected chi connectivity index (χ1v) is 5.22. The van der Waals surface area contributed by atoms with Crippen molar-refractivity contribution in [1.29, 1.82) is 0 Å². The zero-order valence-electron chi connectivity index (χ0n) is 8.79. The normalized spacial score (nSPS) is 14.3. The van der Waals surface area contributed by atoms with Gasteiger partial charge < -0.3 is 9.40 Å². The second kappa shape index (κ2) is 3.04. The van der Waals surface area contributed by atoms with Crippen molar-refractivity contribution >= 4 is 11.1 Å². The van der Waals surface area contributed by atoms with Crippen LogP contribution in [0.3, 0.4) is 0 Å². The van der Waals surface area contributed by atoms with Crippen LogP contribution >= 0.6 is 0 Å². The molecule has 0 spiro atoms. The molecule has 16 heavy (non-hydrogen) atoms. The van der Waals surface area contributed by atoms with E-state index in [-0.39, 0.29) is 16.9 Å². The molecular weight excluding hydrogens is 208 g/mol. The molecule has 0 saturated carbocycles. The first-order valence-electron chi connectivity index (χ1n) is 5.22. The highest BCUT2D eigenvalue weighted by Gasteiger charge is 2.22. The molecule has 0 aromatic carbocycles. The van der Waals surface area contributed by atoms with E-state index >= 15 is 0 Å². The minimum Gasteiger partial charge on any atom is -0.403 e. The van der Waals surface area contributed by atoms with Crippen LogP contribution in [0.4, 0.5) is 0 Å². The third-order valence-corrected chi connectivity index (χ3v) is 2.96. The molecule has 0 saturated heterocycles. The minimum atomic E-state index is -0.350. The number of H-pyrrole nitrogens is 1. The SMILES string of the molecule is Cc1nc2oc(=O)c3c(c2c(=O)[nH]1)CCC3. The Balaban J connectivity index is 2.58. The fraction of sp³-hybridized carbons (Fsp3) is 0.364. The summed E-state index contributed by atoms with van der Waals surface area (Å²) in [5.41, 5.74) is 1.05. The molecule has 5 heteroatoms. The Hall–Kier alpha value is -1.91. The monoisotopic (exact) mass is 218 g/mol. The predicted molar refractivity (Wildman–Crippen MR) is 57.7 cm³/mol. The van der Waals surface area contributed by atoms with Gasteiger partial charge in [0.15, 0.2) is 0 Å². The number of aromatic amines is 1. The highest BCUT2D eigenvalue weighted by atomic mass is 16.4. The van der Waals surface area contributed by atoms with E-state index in [2.05, 4.69) is 9.97 Å². The van der Waals surface area contributed by atoms with E-state index in [1.54, 1.807) is 6.92 Å². The summed E-state index contributed by atoms with van der Waals surface area (Å²) in [5.74, 6) is 0.457. The lowest BCUT2D eigenvalue weighted by Gasteiger charge is -2.02. The number of aryl methyl sites for hydroxylation is 2. The van der Waals surface area contributed by atoms with Crippen molar-refractivity contribution in [2.45, 2.75) is 26.2 Å². The van der Waals surface area contributed by atoms with Gasteiger partial charge >= 0.3 is 5.63 Å². The van der Waals surface area contributed by atoms with Crippen molar-refractivity contribution in [3.05, 3.63) is 37.7 Å². The van der Waals surface area contributed by atoms with Gasteiger partial charge in [-0.15, -0.1) is 0 Å². The lowest BCUT2D eigenvalue weighted by atomic mass is 10.1. The molecule has 0 amide bonds. The van der Waals surface area contributed by atoms with Crippen molar-refractivity contribution in [2.24, 2.45) is 0 Å². The molecule has 0 radical (unpaired) electrons. The Morgan fingerprint density at radius 3 is 2.81 bits per heavy atom. The minimum absolute atomic E-state index is 0.159. The summed E-state index contributed by atoms with van der Waals surface area (Å²) in [6.07, 6.45) is 2.35. The third-order valence-electron chi connectivity index (χ3n) is 2.96. The maximum atomic E-state index is 11.8. The van der Waals surface area contributed by atoms with Crippen LogP contribution in [0.15, 0.2) is 14.0 Å². The van der Waals surface area contributed by atoms with Crippen molar-refractivity contribution in [1.82, 2.24) is 9.97 Å². The fourth-order valence-electron chi connectivity index (χ4n) is 2.29. The van der Waals surface area contributed by atoms with Gasteiger partial charge in [0, 0.05) is 5.56 Å². The fourth-order valence-corrected chi connectivity index (χ4v) is 2.29. The summed E-state index contributed by atoms with van der Waals surface area (Å²) in [7, 11) is 0. The Morgan fingerprint density at radius 1 is 1.25 bits per heavy atom. The maximum Gasteiger partial charge on any atom is 0.341 e. The molecule has 1 N–H and O–H groups in total. The van der Waals surface area contributed by atoms with Gasteiger partial charge in [-0.25, -0.2) is 4.79 Å². The molecule has 1 aliphatic rings. The Kier molecular flexibility index (Phi) is 1.77. The van der Waals surface area contributed by atoms with Crippen LogP contribution in [-0.4, -0.2) is 9.97 Å². The first-order chi connectivity index (χ1) is 7.66. The molecule has 1 aliphatic carbocycles. The van der Waals surface area contributed by atoms with E-state index < -0.39 is 0 Å². The molecule has 5 nitrogen and oxygen atoms in total. The van der Waals surface area contributed by atoms with Crippen molar-refractivity contribution in [3.8, 4) is 0 Å². The summed E-state index contributed by atoms with van der Waals surface area (Å²) in [4.78, 5) is 30.1. The topological polar surface area (TPSA) is 76.0 Å². The van der Waals surface area contributed by atoms with Crippen LogP contribution in [0.5, 0.6) is 0 Å². The van der Waals surface area contributed by atoms with Gasteiger partial charge in [-0.05, 0) is 31.7 Å². The number of fused-ring (bicyclic) bond motifs is 3. The van der Waals surface area contributed by atoms with Crippen molar-refractivity contribution in [2.75, 3.05) is 0 Å². The van der Waals surface area contributed by atoms with Crippen LogP contribution in [0.2, 0.25) is 0 Å². The van der Waals surface area contributed by atoms with Gasteiger partial charge in [-0.1, -0.05) is 0 Å². The van der Waals surface area contributed by atoms with E-state index in [1.807, 2.05) is 0 Å². The van der Waals surface area contributed by atoms with Crippen LogP contribution in [0, 0.1) is 6.92 Å². The lowest BCUT2D eigenvalue weighted by Crippen LogP contribution is -2.16. The van der Waals surface area contributed by atoms with E-state index in [0.717, 1.165) is 18.4 Å². The quantitative estimate of drug-likeness (QED) is 0.705. The van der Waals surface area contributed by atoms with Crippen LogP contribution < -0.4 is 11.2 Å².